The van der Waals surface area contributed by atoms with E-state index in [2.05, 4.69) is 43.5 Å². The van der Waals surface area contributed by atoms with Crippen molar-refractivity contribution in [3.8, 4) is 0 Å². The van der Waals surface area contributed by atoms with Crippen LogP contribution in [0.5, 0.6) is 0 Å². The van der Waals surface area contributed by atoms with Crippen molar-refractivity contribution in [2.45, 2.75) is 26.4 Å². The zero-order valence-corrected chi connectivity index (χ0v) is 18.1. The van der Waals surface area contributed by atoms with Gasteiger partial charge in [0.2, 0.25) is 0 Å². The summed E-state index contributed by atoms with van der Waals surface area (Å²) in [4.78, 5) is 19.0. The number of hydrogen-bond acceptors (Lipinski definition) is 3. The number of quaternary nitrogens is 1. The van der Waals surface area contributed by atoms with Gasteiger partial charge in [0, 0.05) is 11.1 Å². The number of likely N-dealkylation sites (N-methyl/N-ethyl adjacent to an activating group) is 1. The van der Waals surface area contributed by atoms with Crippen molar-refractivity contribution in [1.29, 1.82) is 0 Å². The molecule has 0 atom stereocenters. The summed E-state index contributed by atoms with van der Waals surface area (Å²) in [6.07, 6.45) is 2.61. The molecular weight excluding hydrogens is 384 g/mol. The summed E-state index contributed by atoms with van der Waals surface area (Å²) >= 11 is 5.63. The maximum Gasteiger partial charge on any atom is 0.253 e. The van der Waals surface area contributed by atoms with Crippen molar-refractivity contribution < 1.29 is 9.32 Å². The van der Waals surface area contributed by atoms with Crippen LogP contribution in [0.2, 0.25) is 0 Å². The Balaban J connectivity index is 1.80. The van der Waals surface area contributed by atoms with Gasteiger partial charge in [-0.1, -0.05) is 13.0 Å². The molecule has 0 fully saturated rings. The fourth-order valence-corrected chi connectivity index (χ4v) is 3.37. The molecular formula is C22H29N4O2S+. The highest BCUT2D eigenvalue weighted by molar-refractivity contribution is 7.80. The van der Waals surface area contributed by atoms with E-state index in [0.717, 1.165) is 36.2 Å². The summed E-state index contributed by atoms with van der Waals surface area (Å²) in [7, 11) is 4.21. The second-order valence-electron chi connectivity index (χ2n) is 7.52. The van der Waals surface area contributed by atoms with Crippen LogP contribution in [-0.2, 0) is 19.5 Å². The van der Waals surface area contributed by atoms with Crippen molar-refractivity contribution in [3.05, 3.63) is 69.9 Å². The first kappa shape index (κ1) is 21.1. The van der Waals surface area contributed by atoms with E-state index >= 15 is 0 Å². The molecule has 3 N–H and O–H groups in total. The highest BCUT2D eigenvalue weighted by Gasteiger charge is 2.15. The van der Waals surface area contributed by atoms with Crippen molar-refractivity contribution in [2.75, 3.05) is 27.2 Å². The third kappa shape index (κ3) is 5.68. The van der Waals surface area contributed by atoms with Crippen LogP contribution in [0.15, 0.2) is 51.9 Å². The van der Waals surface area contributed by atoms with E-state index in [9.17, 15) is 4.79 Å². The Labute approximate surface area is 176 Å². The van der Waals surface area contributed by atoms with E-state index in [1.165, 1.54) is 10.5 Å². The van der Waals surface area contributed by atoms with E-state index in [1.807, 2.05) is 29.2 Å². The Hall–Kier alpha value is -2.64. The normalized spacial score (nSPS) is 11.2. The molecule has 29 heavy (non-hydrogen) atoms. The highest BCUT2D eigenvalue weighted by Crippen LogP contribution is 2.15. The molecule has 0 amide bonds. The monoisotopic (exact) mass is 413 g/mol. The number of hydrogen-bond donors (Lipinski definition) is 3. The number of furan rings is 1. The van der Waals surface area contributed by atoms with E-state index in [-0.39, 0.29) is 5.56 Å². The first-order chi connectivity index (χ1) is 14.0. The van der Waals surface area contributed by atoms with Crippen LogP contribution in [0.25, 0.3) is 10.9 Å². The topological polar surface area (TPSA) is 65.7 Å². The Bertz CT molecular complexity index is 1010. The lowest BCUT2D eigenvalue weighted by molar-refractivity contribution is -0.857. The lowest BCUT2D eigenvalue weighted by Gasteiger charge is -2.26. The molecule has 0 aliphatic rings. The molecule has 2 aromatic heterocycles. The molecule has 2 heterocycles. The first-order valence-corrected chi connectivity index (χ1v) is 10.4. The van der Waals surface area contributed by atoms with Gasteiger partial charge in [-0.15, -0.1) is 0 Å². The largest absolute Gasteiger partial charge is 0.467 e. The van der Waals surface area contributed by atoms with Crippen molar-refractivity contribution in [1.82, 2.24) is 15.2 Å². The fraction of sp³-hybridized carbons (Fsp3) is 0.364. The molecule has 1 aromatic carbocycles. The molecule has 6 nitrogen and oxygen atoms in total. The molecule has 3 rings (SSSR count). The number of benzene rings is 1. The molecule has 0 saturated carbocycles. The Kier molecular flexibility index (Phi) is 7.06. The number of nitrogens with zero attached hydrogens (tertiary/aromatic N) is 1. The lowest BCUT2D eigenvalue weighted by Crippen LogP contribution is -3.06. The third-order valence-corrected chi connectivity index (χ3v) is 5.32. The van der Waals surface area contributed by atoms with Crippen LogP contribution in [0.4, 0.5) is 0 Å². The van der Waals surface area contributed by atoms with Gasteiger partial charge >= 0.3 is 0 Å². The molecule has 0 saturated heterocycles. The van der Waals surface area contributed by atoms with Crippen molar-refractivity contribution in [2.24, 2.45) is 0 Å². The minimum atomic E-state index is -0.0715. The van der Waals surface area contributed by atoms with Crippen LogP contribution >= 0.6 is 12.2 Å². The lowest BCUT2D eigenvalue weighted by atomic mass is 10.1. The predicted octanol–water partition coefficient (Wildman–Crippen LogP) is 1.70. The van der Waals surface area contributed by atoms with E-state index in [1.54, 1.807) is 6.26 Å². The maximum absolute atomic E-state index is 12.7. The summed E-state index contributed by atoms with van der Waals surface area (Å²) < 4.78 is 5.37. The zero-order chi connectivity index (χ0) is 20.8. The summed E-state index contributed by atoms with van der Waals surface area (Å²) in [5.74, 6) is 0.821. The number of rotatable bonds is 8. The Morgan fingerprint density at radius 2 is 2.10 bits per heavy atom. The van der Waals surface area contributed by atoms with Crippen molar-refractivity contribution >= 4 is 28.2 Å². The number of aromatic amines is 1. The summed E-state index contributed by atoms with van der Waals surface area (Å²) in [5.41, 5.74) is 2.75. The van der Waals surface area contributed by atoms with Crippen LogP contribution in [-0.4, -0.2) is 42.2 Å². The predicted molar refractivity (Wildman–Crippen MR) is 120 cm³/mol. The van der Waals surface area contributed by atoms with Gasteiger partial charge < -0.3 is 24.5 Å². The maximum atomic E-state index is 12.7. The smallest absolute Gasteiger partial charge is 0.253 e. The Morgan fingerprint density at radius 3 is 2.79 bits per heavy atom. The molecule has 0 bridgehead atoms. The number of aromatic nitrogens is 1. The standard InChI is InChI=1S/C22H28N4O2S/c1-4-16-7-8-20-17(12-16)13-18(21(27)24-20)15-26(10-9-25(2)3)22(29)23-14-19-6-5-11-28-19/h5-8,11-13H,4,9-10,14-15H2,1-3H3,(H,23,29)(H,24,27)/p+1. The Morgan fingerprint density at radius 1 is 1.28 bits per heavy atom. The summed E-state index contributed by atoms with van der Waals surface area (Å²) in [5, 5.41) is 4.91. The number of fused-ring (bicyclic) bond motifs is 1. The van der Waals surface area contributed by atoms with Gasteiger partial charge in [-0.05, 0) is 59.9 Å². The number of aryl methyl sites for hydroxylation is 1. The quantitative estimate of drug-likeness (QED) is 0.491. The van der Waals surface area contributed by atoms with Crippen LogP contribution in [0, 0.1) is 0 Å². The average molecular weight is 414 g/mol. The first-order valence-electron chi connectivity index (χ1n) is 9.95. The molecule has 3 aromatic rings. The van der Waals surface area contributed by atoms with E-state index < -0.39 is 0 Å². The minimum absolute atomic E-state index is 0.0715. The van der Waals surface area contributed by atoms with Gasteiger partial charge in [-0.3, -0.25) is 4.79 Å². The highest BCUT2D eigenvalue weighted by atomic mass is 32.1. The molecule has 0 unspecified atom stereocenters. The van der Waals surface area contributed by atoms with Crippen molar-refractivity contribution in [3.63, 3.8) is 0 Å². The van der Waals surface area contributed by atoms with E-state index in [4.69, 9.17) is 16.6 Å². The number of nitrogens with one attached hydrogen (secondary N) is 3. The molecule has 7 heteroatoms. The molecule has 0 spiro atoms. The molecule has 0 aliphatic heterocycles. The minimum Gasteiger partial charge on any atom is -0.467 e. The average Bonchev–Trinajstić information content (AvgIpc) is 3.22. The molecule has 0 radical (unpaired) electrons. The van der Waals surface area contributed by atoms with Gasteiger partial charge in [0.05, 0.1) is 46.5 Å². The fourth-order valence-electron chi connectivity index (χ4n) is 3.14. The van der Waals surface area contributed by atoms with Gasteiger partial charge in [-0.2, -0.15) is 0 Å². The zero-order valence-electron chi connectivity index (χ0n) is 17.2. The second-order valence-corrected chi connectivity index (χ2v) is 7.90. The van der Waals surface area contributed by atoms with Crippen LogP contribution < -0.4 is 15.8 Å². The van der Waals surface area contributed by atoms with Gasteiger partial charge in [0.1, 0.15) is 5.76 Å². The summed E-state index contributed by atoms with van der Waals surface area (Å²) in [6, 6.07) is 11.9. The number of pyridine rings is 1. The summed E-state index contributed by atoms with van der Waals surface area (Å²) in [6.45, 7) is 4.76. The van der Waals surface area contributed by atoms with Gasteiger partial charge in [0.15, 0.2) is 5.11 Å². The van der Waals surface area contributed by atoms with Gasteiger partial charge in [-0.25, -0.2) is 0 Å². The molecule has 0 aliphatic carbocycles. The number of thiocarbonyl (C=S) groups is 1. The second kappa shape index (κ2) is 9.71. The number of H-pyrrole nitrogens is 1. The van der Waals surface area contributed by atoms with Crippen LogP contribution in [0.3, 0.4) is 0 Å². The third-order valence-electron chi connectivity index (χ3n) is 4.92. The van der Waals surface area contributed by atoms with E-state index in [0.29, 0.717) is 23.8 Å². The van der Waals surface area contributed by atoms with Gasteiger partial charge in [0.25, 0.3) is 5.56 Å². The van der Waals surface area contributed by atoms with Crippen LogP contribution in [0.1, 0.15) is 23.8 Å². The molecule has 154 valence electrons. The SMILES string of the molecule is CCc1ccc2[nH]c(=O)c(CN(CC[NH+](C)C)C(=S)NCc3ccco3)cc2c1.